The largest absolute Gasteiger partial charge is 0.269 e. The van der Waals surface area contributed by atoms with E-state index in [0.29, 0.717) is 5.13 Å². The number of non-ortho nitro benzene ring substituents is 1. The molecule has 0 saturated heterocycles. The minimum absolute atomic E-state index is 0.0620. The van der Waals surface area contributed by atoms with Crippen molar-refractivity contribution in [1.29, 1.82) is 0 Å². The van der Waals surface area contributed by atoms with E-state index in [-0.39, 0.29) is 5.69 Å². The summed E-state index contributed by atoms with van der Waals surface area (Å²) in [7, 11) is 0. The van der Waals surface area contributed by atoms with E-state index in [2.05, 4.69) is 15.5 Å². The molecule has 0 radical (unpaired) electrons. The van der Waals surface area contributed by atoms with Gasteiger partial charge in [0.05, 0.1) is 16.3 Å². The molecule has 1 heterocycles. The Morgan fingerprint density at radius 1 is 1.17 bits per heavy atom. The van der Waals surface area contributed by atoms with Crippen LogP contribution in [0.4, 0.5) is 10.8 Å². The van der Waals surface area contributed by atoms with Crippen molar-refractivity contribution in [2.24, 2.45) is 5.10 Å². The van der Waals surface area contributed by atoms with Gasteiger partial charge < -0.3 is 0 Å². The molecule has 0 aliphatic heterocycles. The molecule has 0 atom stereocenters. The fraction of sp³-hybridized carbons (Fsp3) is 0.0588. The number of nitrogens with zero attached hydrogens (tertiary/aromatic N) is 3. The average Bonchev–Trinajstić information content (AvgIpc) is 3.09. The average molecular weight is 338 g/mol. The fourth-order valence-corrected chi connectivity index (χ4v) is 2.75. The maximum atomic E-state index is 10.7. The van der Waals surface area contributed by atoms with Gasteiger partial charge in [0.1, 0.15) is 0 Å². The van der Waals surface area contributed by atoms with E-state index >= 15 is 0 Å². The molecule has 0 saturated carbocycles. The quantitative estimate of drug-likeness (QED) is 0.420. The predicted molar refractivity (Wildman–Crippen MR) is 96.5 cm³/mol. The molecule has 2 aromatic carbocycles. The second-order valence-corrected chi connectivity index (χ2v) is 5.88. The molecule has 0 aliphatic rings. The number of thiazole rings is 1. The summed E-state index contributed by atoms with van der Waals surface area (Å²) in [5, 5.41) is 17.6. The number of anilines is 1. The lowest BCUT2D eigenvalue weighted by Crippen LogP contribution is -2.00. The van der Waals surface area contributed by atoms with E-state index < -0.39 is 4.92 Å². The monoisotopic (exact) mass is 338 g/mol. The van der Waals surface area contributed by atoms with E-state index in [9.17, 15) is 10.1 Å². The van der Waals surface area contributed by atoms with Gasteiger partial charge in [0, 0.05) is 23.1 Å². The lowest BCUT2D eigenvalue weighted by atomic mass is 10.1. The molecule has 0 aliphatic carbocycles. The topological polar surface area (TPSA) is 80.4 Å². The molecular formula is C17H14N4O2S. The van der Waals surface area contributed by atoms with Gasteiger partial charge >= 0.3 is 0 Å². The summed E-state index contributed by atoms with van der Waals surface area (Å²) >= 11 is 1.47. The molecule has 0 amide bonds. The Balaban J connectivity index is 1.71. The summed E-state index contributed by atoms with van der Waals surface area (Å²) in [6.07, 6.45) is 0. The number of benzene rings is 2. The van der Waals surface area contributed by atoms with Gasteiger partial charge in [0.15, 0.2) is 0 Å². The minimum Gasteiger partial charge on any atom is -0.258 e. The molecule has 3 aromatic rings. The first kappa shape index (κ1) is 15.8. The second-order valence-electron chi connectivity index (χ2n) is 5.02. The van der Waals surface area contributed by atoms with E-state index in [1.54, 1.807) is 12.1 Å². The van der Waals surface area contributed by atoms with Gasteiger partial charge in [0.2, 0.25) is 5.13 Å². The van der Waals surface area contributed by atoms with Crippen LogP contribution in [0.1, 0.15) is 12.5 Å². The zero-order valence-electron chi connectivity index (χ0n) is 12.8. The van der Waals surface area contributed by atoms with Gasteiger partial charge in [-0.05, 0) is 24.6 Å². The van der Waals surface area contributed by atoms with Crippen molar-refractivity contribution in [1.82, 2.24) is 4.98 Å². The molecule has 0 fully saturated rings. The van der Waals surface area contributed by atoms with Crippen molar-refractivity contribution in [3.8, 4) is 11.3 Å². The number of nitro groups is 1. The Morgan fingerprint density at radius 3 is 2.54 bits per heavy atom. The molecule has 0 unspecified atom stereocenters. The third-order valence-corrected chi connectivity index (χ3v) is 4.14. The van der Waals surface area contributed by atoms with Crippen LogP contribution < -0.4 is 5.43 Å². The van der Waals surface area contributed by atoms with E-state index in [4.69, 9.17) is 0 Å². The first-order valence-electron chi connectivity index (χ1n) is 7.19. The molecule has 0 spiro atoms. The standard InChI is InChI=1S/C17H14N4O2S/c1-12(13-7-9-15(10-8-13)21(22)23)19-20-17-18-16(11-24-17)14-5-3-2-4-6-14/h2-11H,1H3,(H,18,20). The zero-order chi connectivity index (χ0) is 16.9. The van der Waals surface area contributed by atoms with Crippen LogP contribution >= 0.6 is 11.3 Å². The number of aromatic nitrogens is 1. The van der Waals surface area contributed by atoms with Crippen LogP contribution in [0.3, 0.4) is 0 Å². The molecule has 6 nitrogen and oxygen atoms in total. The van der Waals surface area contributed by atoms with Crippen molar-refractivity contribution >= 4 is 27.9 Å². The van der Waals surface area contributed by atoms with Crippen LogP contribution in [0.5, 0.6) is 0 Å². The Hall–Kier alpha value is -3.06. The van der Waals surface area contributed by atoms with Crippen LogP contribution in [0.2, 0.25) is 0 Å². The van der Waals surface area contributed by atoms with Crippen LogP contribution in [0, 0.1) is 10.1 Å². The summed E-state index contributed by atoms with van der Waals surface area (Å²) in [5.41, 5.74) is 6.48. The predicted octanol–water partition coefficient (Wildman–Crippen LogP) is 4.55. The fourth-order valence-electron chi connectivity index (χ4n) is 2.09. The minimum atomic E-state index is -0.421. The molecular weight excluding hydrogens is 324 g/mol. The highest BCUT2D eigenvalue weighted by atomic mass is 32.1. The van der Waals surface area contributed by atoms with Crippen LogP contribution in [0.15, 0.2) is 65.1 Å². The van der Waals surface area contributed by atoms with Crippen molar-refractivity contribution < 1.29 is 4.92 Å². The van der Waals surface area contributed by atoms with Gasteiger partial charge in [-0.25, -0.2) is 4.98 Å². The van der Waals surface area contributed by atoms with Gasteiger partial charge in [-0.1, -0.05) is 30.3 Å². The third-order valence-electron chi connectivity index (χ3n) is 3.39. The van der Waals surface area contributed by atoms with Crippen molar-refractivity contribution in [2.45, 2.75) is 6.92 Å². The first-order chi connectivity index (χ1) is 11.6. The van der Waals surface area contributed by atoms with E-state index in [0.717, 1.165) is 22.5 Å². The van der Waals surface area contributed by atoms with Crippen molar-refractivity contribution in [2.75, 3.05) is 5.43 Å². The van der Waals surface area contributed by atoms with Crippen LogP contribution in [0.25, 0.3) is 11.3 Å². The van der Waals surface area contributed by atoms with Crippen LogP contribution in [-0.2, 0) is 0 Å². The maximum Gasteiger partial charge on any atom is 0.269 e. The van der Waals surface area contributed by atoms with Crippen molar-refractivity contribution in [3.63, 3.8) is 0 Å². The Labute approximate surface area is 142 Å². The zero-order valence-corrected chi connectivity index (χ0v) is 13.7. The summed E-state index contributed by atoms with van der Waals surface area (Å²) in [5.74, 6) is 0. The number of nitrogens with one attached hydrogen (secondary N) is 1. The second kappa shape index (κ2) is 7.01. The molecule has 120 valence electrons. The number of rotatable bonds is 5. The lowest BCUT2D eigenvalue weighted by molar-refractivity contribution is -0.384. The highest BCUT2D eigenvalue weighted by Gasteiger charge is 2.06. The molecule has 1 aromatic heterocycles. The lowest BCUT2D eigenvalue weighted by Gasteiger charge is -2.01. The summed E-state index contributed by atoms with van der Waals surface area (Å²) in [4.78, 5) is 14.7. The van der Waals surface area contributed by atoms with Crippen molar-refractivity contribution in [3.05, 3.63) is 75.7 Å². The van der Waals surface area contributed by atoms with E-state index in [1.807, 2.05) is 42.6 Å². The molecule has 7 heteroatoms. The number of hydrogen-bond acceptors (Lipinski definition) is 6. The Morgan fingerprint density at radius 2 is 1.88 bits per heavy atom. The maximum absolute atomic E-state index is 10.7. The summed E-state index contributed by atoms with van der Waals surface area (Å²) < 4.78 is 0. The molecule has 0 bridgehead atoms. The highest BCUT2D eigenvalue weighted by molar-refractivity contribution is 7.14. The Kier molecular flexibility index (Phi) is 4.62. The SMILES string of the molecule is CC(=NNc1nc(-c2ccccc2)cs1)c1ccc([N+](=O)[O-])cc1. The van der Waals surface area contributed by atoms with E-state index in [1.165, 1.54) is 23.5 Å². The molecule has 3 rings (SSSR count). The van der Waals surface area contributed by atoms with Gasteiger partial charge in [-0.2, -0.15) is 5.10 Å². The third kappa shape index (κ3) is 3.64. The van der Waals surface area contributed by atoms with Gasteiger partial charge in [0.25, 0.3) is 5.69 Å². The first-order valence-corrected chi connectivity index (χ1v) is 8.07. The molecule has 1 N–H and O–H groups in total. The summed E-state index contributed by atoms with van der Waals surface area (Å²) in [6.45, 7) is 1.83. The Bertz CT molecular complexity index is 873. The van der Waals surface area contributed by atoms with Crippen LogP contribution in [-0.4, -0.2) is 15.6 Å². The summed E-state index contributed by atoms with van der Waals surface area (Å²) in [6, 6.07) is 16.2. The van der Waals surface area contributed by atoms with Gasteiger partial charge in [-0.3, -0.25) is 15.5 Å². The number of hydrogen-bond donors (Lipinski definition) is 1. The van der Waals surface area contributed by atoms with Gasteiger partial charge in [-0.15, -0.1) is 11.3 Å². The smallest absolute Gasteiger partial charge is 0.258 e. The normalized spacial score (nSPS) is 11.3. The highest BCUT2D eigenvalue weighted by Crippen LogP contribution is 2.24. The molecule has 24 heavy (non-hydrogen) atoms. The number of hydrazone groups is 1. The number of nitro benzene ring substituents is 1.